The van der Waals surface area contributed by atoms with Crippen molar-refractivity contribution in [3.05, 3.63) is 12.7 Å². The molecule has 4 aliphatic carbocycles. The van der Waals surface area contributed by atoms with E-state index in [2.05, 4.69) is 20.4 Å². The Morgan fingerprint density at radius 1 is 1.13 bits per heavy atom. The van der Waals surface area contributed by atoms with Gasteiger partial charge in [-0.1, -0.05) is 46.1 Å². The first-order valence-corrected chi connectivity index (χ1v) is 9.95. The summed E-state index contributed by atoms with van der Waals surface area (Å²) in [5.74, 6) is 3.30. The fraction of sp³-hybridized carbons (Fsp3) is 0.857. The monoisotopic (exact) mass is 318 g/mol. The molecular weight excluding hydrogens is 284 g/mol. The molecule has 0 aromatic rings. The molecule has 0 aliphatic heterocycles. The number of hydrogen-bond acceptors (Lipinski definition) is 2. The molecular formula is C21H34O2. The van der Waals surface area contributed by atoms with E-state index in [0.29, 0.717) is 17.8 Å². The van der Waals surface area contributed by atoms with Crippen molar-refractivity contribution in [2.75, 3.05) is 0 Å². The summed E-state index contributed by atoms with van der Waals surface area (Å²) >= 11 is 0. The van der Waals surface area contributed by atoms with Gasteiger partial charge in [0.05, 0.1) is 0 Å². The first kappa shape index (κ1) is 17.0. The van der Waals surface area contributed by atoms with Crippen molar-refractivity contribution in [1.82, 2.24) is 0 Å². The van der Waals surface area contributed by atoms with Crippen LogP contribution in [0.2, 0.25) is 0 Å². The molecule has 0 amide bonds. The summed E-state index contributed by atoms with van der Waals surface area (Å²) < 4.78 is 6.23. The number of esters is 1. The maximum Gasteiger partial charge on any atom is 0.330 e. The summed E-state index contributed by atoms with van der Waals surface area (Å²) in [4.78, 5) is 12.1. The Hall–Kier alpha value is -0.790. The third-order valence-electron chi connectivity index (χ3n) is 7.12. The molecule has 4 bridgehead atoms. The van der Waals surface area contributed by atoms with Gasteiger partial charge in [0.1, 0.15) is 5.60 Å². The molecule has 1 atom stereocenters. The Morgan fingerprint density at radius 2 is 1.74 bits per heavy atom. The fourth-order valence-electron chi connectivity index (χ4n) is 6.31. The SMILES string of the molecule is C=CC(=O)OC1(C(C)CCCCCC)C2CC3CC(C2)CC1C3. The molecule has 0 radical (unpaired) electrons. The molecule has 23 heavy (non-hydrogen) atoms. The lowest BCUT2D eigenvalue weighted by atomic mass is 9.47. The predicted molar refractivity (Wildman–Crippen MR) is 94.0 cm³/mol. The van der Waals surface area contributed by atoms with Crippen molar-refractivity contribution < 1.29 is 9.53 Å². The number of hydrogen-bond donors (Lipinski definition) is 0. The van der Waals surface area contributed by atoms with Gasteiger partial charge in [0.15, 0.2) is 0 Å². The Morgan fingerprint density at radius 3 is 2.26 bits per heavy atom. The van der Waals surface area contributed by atoms with Crippen molar-refractivity contribution in [3.8, 4) is 0 Å². The van der Waals surface area contributed by atoms with Crippen molar-refractivity contribution in [3.63, 3.8) is 0 Å². The van der Waals surface area contributed by atoms with Gasteiger partial charge < -0.3 is 4.74 Å². The quantitative estimate of drug-likeness (QED) is 0.335. The number of carbonyl (C=O) groups is 1. The fourth-order valence-corrected chi connectivity index (χ4v) is 6.31. The Kier molecular flexibility index (Phi) is 5.18. The summed E-state index contributed by atoms with van der Waals surface area (Å²) in [6, 6.07) is 0. The van der Waals surface area contributed by atoms with Crippen molar-refractivity contribution in [1.29, 1.82) is 0 Å². The molecule has 2 heteroatoms. The van der Waals surface area contributed by atoms with Gasteiger partial charge in [0.2, 0.25) is 0 Å². The molecule has 4 saturated carbocycles. The highest BCUT2D eigenvalue weighted by Crippen LogP contribution is 2.62. The van der Waals surface area contributed by atoms with Gasteiger partial charge in [-0.3, -0.25) is 0 Å². The lowest BCUT2D eigenvalue weighted by Crippen LogP contribution is -2.62. The molecule has 0 heterocycles. The Labute approximate surface area is 142 Å². The van der Waals surface area contributed by atoms with E-state index in [4.69, 9.17) is 4.74 Å². The van der Waals surface area contributed by atoms with E-state index < -0.39 is 0 Å². The summed E-state index contributed by atoms with van der Waals surface area (Å²) in [6.45, 7) is 8.26. The standard InChI is InChI=1S/C21H34O2/c1-4-6-7-8-9-15(3)21(23-20(22)5-2)18-11-16-10-17(13-18)14-19(21)12-16/h5,15-19H,2,4,6-14H2,1,3H3. The highest BCUT2D eigenvalue weighted by Gasteiger charge is 2.61. The molecule has 4 aliphatic rings. The summed E-state index contributed by atoms with van der Waals surface area (Å²) in [6.07, 6.45) is 14.3. The van der Waals surface area contributed by atoms with Crippen LogP contribution in [0.3, 0.4) is 0 Å². The molecule has 2 nitrogen and oxygen atoms in total. The first-order chi connectivity index (χ1) is 11.1. The zero-order chi connectivity index (χ0) is 16.4. The number of ether oxygens (including phenoxy) is 1. The third-order valence-corrected chi connectivity index (χ3v) is 7.12. The predicted octanol–water partition coefficient (Wildman–Crippen LogP) is 5.52. The largest absolute Gasteiger partial charge is 0.455 e. The van der Waals surface area contributed by atoms with Crippen LogP contribution in [0.1, 0.15) is 78.1 Å². The topological polar surface area (TPSA) is 26.3 Å². The van der Waals surface area contributed by atoms with Crippen LogP contribution in [0.25, 0.3) is 0 Å². The lowest BCUT2D eigenvalue weighted by molar-refractivity contribution is -0.224. The van der Waals surface area contributed by atoms with E-state index in [0.717, 1.165) is 11.8 Å². The second-order valence-corrected chi connectivity index (χ2v) is 8.53. The smallest absolute Gasteiger partial charge is 0.330 e. The van der Waals surface area contributed by atoms with E-state index in [-0.39, 0.29) is 11.6 Å². The van der Waals surface area contributed by atoms with Gasteiger partial charge in [0.25, 0.3) is 0 Å². The van der Waals surface area contributed by atoms with Crippen molar-refractivity contribution >= 4 is 5.97 Å². The molecule has 0 aromatic carbocycles. The van der Waals surface area contributed by atoms with E-state index >= 15 is 0 Å². The van der Waals surface area contributed by atoms with Crippen LogP contribution in [0.4, 0.5) is 0 Å². The van der Waals surface area contributed by atoms with Crippen LogP contribution in [-0.2, 0) is 9.53 Å². The van der Waals surface area contributed by atoms with Crippen LogP contribution < -0.4 is 0 Å². The lowest BCUT2D eigenvalue weighted by Gasteiger charge is -2.62. The van der Waals surface area contributed by atoms with E-state index in [1.165, 1.54) is 70.3 Å². The molecule has 0 aromatic heterocycles. The molecule has 4 rings (SSSR count). The van der Waals surface area contributed by atoms with Gasteiger partial charge in [-0.2, -0.15) is 0 Å². The zero-order valence-electron chi connectivity index (χ0n) is 15.1. The maximum absolute atomic E-state index is 12.1. The van der Waals surface area contributed by atoms with Gasteiger partial charge >= 0.3 is 5.97 Å². The third kappa shape index (κ3) is 3.10. The minimum Gasteiger partial charge on any atom is -0.455 e. The van der Waals surface area contributed by atoms with Gasteiger partial charge in [-0.15, -0.1) is 0 Å². The normalized spacial score (nSPS) is 39.2. The Balaban J connectivity index is 1.77. The second-order valence-electron chi connectivity index (χ2n) is 8.53. The van der Waals surface area contributed by atoms with E-state index in [9.17, 15) is 4.79 Å². The van der Waals surface area contributed by atoms with Crippen LogP contribution in [0, 0.1) is 29.6 Å². The second kappa shape index (κ2) is 6.99. The van der Waals surface area contributed by atoms with Crippen LogP contribution in [0.15, 0.2) is 12.7 Å². The Bertz CT molecular complexity index is 411. The molecule has 1 unspecified atom stereocenters. The van der Waals surface area contributed by atoms with Crippen molar-refractivity contribution in [2.24, 2.45) is 29.6 Å². The minimum atomic E-state index is -0.196. The van der Waals surface area contributed by atoms with Crippen LogP contribution >= 0.6 is 0 Å². The van der Waals surface area contributed by atoms with Gasteiger partial charge in [-0.25, -0.2) is 4.79 Å². The first-order valence-electron chi connectivity index (χ1n) is 9.95. The van der Waals surface area contributed by atoms with E-state index in [1.807, 2.05) is 0 Å². The average Bonchev–Trinajstić information content (AvgIpc) is 2.54. The highest BCUT2D eigenvalue weighted by molar-refractivity contribution is 5.81. The average molecular weight is 319 g/mol. The molecule has 0 N–H and O–H groups in total. The van der Waals surface area contributed by atoms with Gasteiger partial charge in [0, 0.05) is 6.08 Å². The number of carbonyl (C=O) groups excluding carboxylic acids is 1. The van der Waals surface area contributed by atoms with Gasteiger partial charge in [-0.05, 0) is 68.1 Å². The summed E-state index contributed by atoms with van der Waals surface area (Å²) in [5.41, 5.74) is -0.190. The summed E-state index contributed by atoms with van der Waals surface area (Å²) in [5, 5.41) is 0. The molecule has 0 saturated heterocycles. The van der Waals surface area contributed by atoms with E-state index in [1.54, 1.807) is 0 Å². The maximum atomic E-state index is 12.1. The molecule has 130 valence electrons. The van der Waals surface area contributed by atoms with Crippen LogP contribution in [0.5, 0.6) is 0 Å². The molecule has 0 spiro atoms. The number of rotatable bonds is 8. The minimum absolute atomic E-state index is 0.190. The van der Waals surface area contributed by atoms with Crippen molar-refractivity contribution in [2.45, 2.75) is 83.7 Å². The molecule has 4 fully saturated rings. The summed E-state index contributed by atoms with van der Waals surface area (Å²) in [7, 11) is 0. The number of unbranched alkanes of at least 4 members (excludes halogenated alkanes) is 3. The van der Waals surface area contributed by atoms with Crippen LogP contribution in [-0.4, -0.2) is 11.6 Å². The zero-order valence-corrected chi connectivity index (χ0v) is 15.1. The highest BCUT2D eigenvalue weighted by atomic mass is 16.6.